The Kier molecular flexibility index (Phi) is 4.79. The van der Waals surface area contributed by atoms with Crippen LogP contribution in [0.1, 0.15) is 42.6 Å². The maximum absolute atomic E-state index is 10.9. The highest BCUT2D eigenvalue weighted by atomic mass is 16.4. The first kappa shape index (κ1) is 15.3. The molecule has 1 aromatic heterocycles. The number of hydrogen-bond acceptors (Lipinski definition) is 4. The summed E-state index contributed by atoms with van der Waals surface area (Å²) in [7, 11) is 0. The number of anilines is 1. The molecule has 2 N–H and O–H groups in total. The molecule has 2 rings (SSSR count). The van der Waals surface area contributed by atoms with Crippen molar-refractivity contribution in [2.75, 3.05) is 11.9 Å². The number of nitriles is 1. The molecule has 1 saturated carbocycles. The van der Waals surface area contributed by atoms with E-state index in [9.17, 15) is 10.1 Å². The molecule has 1 heterocycles. The van der Waals surface area contributed by atoms with Gasteiger partial charge in [0.05, 0.1) is 22.9 Å². The number of hydrogen-bond donors (Lipinski definition) is 2. The number of aliphatic carboxylic acids is 1. The second kappa shape index (κ2) is 6.57. The predicted octanol–water partition coefficient (Wildman–Crippen LogP) is 2.87. The lowest BCUT2D eigenvalue weighted by Crippen LogP contribution is -2.25. The average Bonchev–Trinajstić information content (AvgIpc) is 2.45. The second-order valence-electron chi connectivity index (χ2n) is 5.82. The van der Waals surface area contributed by atoms with E-state index in [1.165, 1.54) is 0 Å². The zero-order valence-corrected chi connectivity index (χ0v) is 12.5. The predicted molar refractivity (Wildman–Crippen MR) is 80.0 cm³/mol. The lowest BCUT2D eigenvalue weighted by molar-refractivity contribution is -0.143. The molecule has 0 aliphatic heterocycles. The van der Waals surface area contributed by atoms with Crippen LogP contribution in [0.4, 0.5) is 5.69 Å². The van der Waals surface area contributed by atoms with Crippen LogP contribution in [0.3, 0.4) is 0 Å². The number of nitrogens with zero attached hydrogens (tertiary/aromatic N) is 2. The molecule has 0 radical (unpaired) electrons. The lowest BCUT2D eigenvalue weighted by Gasteiger charge is -2.26. The van der Waals surface area contributed by atoms with Crippen molar-refractivity contribution in [1.82, 2.24) is 4.98 Å². The van der Waals surface area contributed by atoms with Gasteiger partial charge in [-0.3, -0.25) is 9.78 Å². The summed E-state index contributed by atoms with van der Waals surface area (Å²) >= 11 is 0. The molecule has 0 atom stereocenters. The molecular weight excluding hydrogens is 266 g/mol. The van der Waals surface area contributed by atoms with Crippen molar-refractivity contribution in [1.29, 1.82) is 5.26 Å². The Morgan fingerprint density at radius 3 is 2.67 bits per heavy atom. The Hall–Kier alpha value is -2.09. The Labute approximate surface area is 125 Å². The SMILES string of the molecule is Cc1cc(NCC2CCC(C(=O)O)CC2)c(C#N)c(C)n1. The summed E-state index contributed by atoms with van der Waals surface area (Å²) in [6, 6.07) is 4.10. The highest BCUT2D eigenvalue weighted by molar-refractivity contribution is 5.70. The van der Waals surface area contributed by atoms with E-state index in [0.717, 1.165) is 49.3 Å². The number of aromatic nitrogens is 1. The molecule has 5 heteroatoms. The second-order valence-corrected chi connectivity index (χ2v) is 5.82. The van der Waals surface area contributed by atoms with Crippen LogP contribution in [-0.2, 0) is 4.79 Å². The van der Waals surface area contributed by atoms with Crippen LogP contribution >= 0.6 is 0 Å². The quantitative estimate of drug-likeness (QED) is 0.889. The molecule has 0 spiro atoms. The van der Waals surface area contributed by atoms with Gasteiger partial charge in [-0.2, -0.15) is 5.26 Å². The Bertz CT molecular complexity index is 570. The summed E-state index contributed by atoms with van der Waals surface area (Å²) in [5, 5.41) is 21.6. The fraction of sp³-hybridized carbons (Fsp3) is 0.562. The molecule has 5 nitrogen and oxygen atoms in total. The van der Waals surface area contributed by atoms with E-state index < -0.39 is 5.97 Å². The van der Waals surface area contributed by atoms with Crippen molar-refractivity contribution >= 4 is 11.7 Å². The molecule has 1 aromatic rings. The monoisotopic (exact) mass is 287 g/mol. The molecule has 0 aromatic carbocycles. The van der Waals surface area contributed by atoms with E-state index in [4.69, 9.17) is 5.11 Å². The summed E-state index contributed by atoms with van der Waals surface area (Å²) in [6.07, 6.45) is 3.35. The molecule has 1 aliphatic carbocycles. The van der Waals surface area contributed by atoms with E-state index in [-0.39, 0.29) is 5.92 Å². The third-order valence-electron chi connectivity index (χ3n) is 4.22. The van der Waals surface area contributed by atoms with Crippen molar-refractivity contribution in [3.8, 4) is 6.07 Å². The minimum atomic E-state index is -0.673. The highest BCUT2D eigenvalue weighted by Gasteiger charge is 2.25. The van der Waals surface area contributed by atoms with Gasteiger partial charge in [0.2, 0.25) is 0 Å². The van der Waals surface area contributed by atoms with Crippen molar-refractivity contribution in [2.45, 2.75) is 39.5 Å². The molecular formula is C16H21N3O2. The molecule has 0 amide bonds. The van der Waals surface area contributed by atoms with Gasteiger partial charge in [-0.25, -0.2) is 0 Å². The first-order chi connectivity index (χ1) is 10.0. The molecule has 21 heavy (non-hydrogen) atoms. The fourth-order valence-electron chi connectivity index (χ4n) is 2.98. The van der Waals surface area contributed by atoms with Crippen LogP contribution in [0.25, 0.3) is 0 Å². The van der Waals surface area contributed by atoms with Gasteiger partial charge in [0, 0.05) is 12.2 Å². The van der Waals surface area contributed by atoms with Gasteiger partial charge in [-0.05, 0) is 51.5 Å². The molecule has 1 fully saturated rings. The lowest BCUT2D eigenvalue weighted by atomic mass is 9.82. The van der Waals surface area contributed by atoms with Gasteiger partial charge in [0.25, 0.3) is 0 Å². The van der Waals surface area contributed by atoms with Crippen molar-refractivity contribution in [3.63, 3.8) is 0 Å². The largest absolute Gasteiger partial charge is 0.481 e. The van der Waals surface area contributed by atoms with Crippen LogP contribution in [0.5, 0.6) is 0 Å². The van der Waals surface area contributed by atoms with E-state index in [1.54, 1.807) is 0 Å². The Morgan fingerprint density at radius 2 is 2.10 bits per heavy atom. The summed E-state index contributed by atoms with van der Waals surface area (Å²) in [5.41, 5.74) is 3.07. The molecule has 112 valence electrons. The van der Waals surface area contributed by atoms with Gasteiger partial charge in [0.15, 0.2) is 0 Å². The van der Waals surface area contributed by atoms with Crippen molar-refractivity contribution in [2.24, 2.45) is 11.8 Å². The first-order valence-corrected chi connectivity index (χ1v) is 7.36. The third kappa shape index (κ3) is 3.72. The van der Waals surface area contributed by atoms with Crippen molar-refractivity contribution < 1.29 is 9.90 Å². The standard InChI is InChI=1S/C16H21N3O2/c1-10-7-15(14(8-17)11(2)19-10)18-9-12-3-5-13(6-4-12)16(20)21/h7,12-13H,3-6,9H2,1-2H3,(H,18,19)(H,20,21). The number of carboxylic acid groups (broad SMARTS) is 1. The maximum atomic E-state index is 10.9. The number of carboxylic acids is 1. The van der Waals surface area contributed by atoms with Crippen LogP contribution in [0.2, 0.25) is 0 Å². The zero-order chi connectivity index (χ0) is 15.4. The minimum absolute atomic E-state index is 0.179. The minimum Gasteiger partial charge on any atom is -0.481 e. The summed E-state index contributed by atoms with van der Waals surface area (Å²) < 4.78 is 0. The van der Waals surface area contributed by atoms with Crippen molar-refractivity contribution in [3.05, 3.63) is 23.0 Å². The van der Waals surface area contributed by atoms with E-state index in [2.05, 4.69) is 16.4 Å². The van der Waals surface area contributed by atoms with Gasteiger partial charge in [-0.1, -0.05) is 0 Å². The summed E-state index contributed by atoms with van der Waals surface area (Å²) in [6.45, 7) is 4.54. The number of rotatable bonds is 4. The smallest absolute Gasteiger partial charge is 0.306 e. The molecule has 0 bridgehead atoms. The van der Waals surface area contributed by atoms with Crippen LogP contribution in [-0.4, -0.2) is 22.6 Å². The first-order valence-electron chi connectivity index (χ1n) is 7.36. The van der Waals surface area contributed by atoms with Gasteiger partial charge in [-0.15, -0.1) is 0 Å². The van der Waals surface area contributed by atoms with E-state index >= 15 is 0 Å². The highest BCUT2D eigenvalue weighted by Crippen LogP contribution is 2.29. The maximum Gasteiger partial charge on any atom is 0.306 e. The van der Waals surface area contributed by atoms with E-state index in [1.807, 2.05) is 19.9 Å². The fourth-order valence-corrected chi connectivity index (χ4v) is 2.98. The molecule has 0 saturated heterocycles. The number of nitrogens with one attached hydrogen (secondary N) is 1. The van der Waals surface area contributed by atoms with Crippen LogP contribution in [0, 0.1) is 37.0 Å². The Morgan fingerprint density at radius 1 is 1.43 bits per heavy atom. The Balaban J connectivity index is 1.96. The van der Waals surface area contributed by atoms with Crippen LogP contribution < -0.4 is 5.32 Å². The summed E-state index contributed by atoms with van der Waals surface area (Å²) in [5.74, 6) is -0.379. The number of pyridine rings is 1. The zero-order valence-electron chi connectivity index (χ0n) is 12.5. The van der Waals surface area contributed by atoms with Gasteiger partial charge >= 0.3 is 5.97 Å². The van der Waals surface area contributed by atoms with Crippen LogP contribution in [0.15, 0.2) is 6.07 Å². The topological polar surface area (TPSA) is 86.0 Å². The summed E-state index contributed by atoms with van der Waals surface area (Å²) in [4.78, 5) is 15.2. The van der Waals surface area contributed by atoms with E-state index in [0.29, 0.717) is 11.5 Å². The van der Waals surface area contributed by atoms with Gasteiger partial charge < -0.3 is 10.4 Å². The number of aryl methyl sites for hydroxylation is 2. The third-order valence-corrected chi connectivity index (χ3v) is 4.22. The number of carbonyl (C=O) groups is 1. The van der Waals surface area contributed by atoms with Gasteiger partial charge in [0.1, 0.15) is 6.07 Å². The normalized spacial score (nSPS) is 21.6. The molecule has 1 aliphatic rings. The average molecular weight is 287 g/mol. The molecule has 0 unspecified atom stereocenters.